The molecule has 1 heterocycles. The number of rotatable bonds is 5. The van der Waals surface area contributed by atoms with Gasteiger partial charge in [-0.3, -0.25) is 0 Å². The molecule has 2 unspecified atom stereocenters. The molecule has 0 aliphatic rings. The summed E-state index contributed by atoms with van der Waals surface area (Å²) < 4.78 is 1.19. The summed E-state index contributed by atoms with van der Waals surface area (Å²) in [6.07, 6.45) is 0. The van der Waals surface area contributed by atoms with Crippen LogP contribution in [0.4, 0.5) is 0 Å². The van der Waals surface area contributed by atoms with Gasteiger partial charge < -0.3 is 5.32 Å². The predicted molar refractivity (Wildman–Crippen MR) is 72.4 cm³/mol. The van der Waals surface area contributed by atoms with Crippen molar-refractivity contribution in [2.24, 2.45) is 11.8 Å². The van der Waals surface area contributed by atoms with Crippen LogP contribution in [0, 0.1) is 11.8 Å². The molecule has 0 radical (unpaired) electrons. The van der Waals surface area contributed by atoms with Crippen molar-refractivity contribution in [1.29, 1.82) is 0 Å². The predicted octanol–water partition coefficient (Wildman–Crippen LogP) is 4.45. The largest absolute Gasteiger partial charge is 0.309 e. The number of nitrogens with one attached hydrogen (secondary N) is 1. The second kappa shape index (κ2) is 6.02. The van der Waals surface area contributed by atoms with E-state index in [0.717, 1.165) is 18.4 Å². The van der Waals surface area contributed by atoms with Crippen molar-refractivity contribution in [2.75, 3.05) is 6.54 Å². The van der Waals surface area contributed by atoms with E-state index in [1.165, 1.54) is 9.35 Å². The van der Waals surface area contributed by atoms with E-state index in [0.29, 0.717) is 6.04 Å². The molecule has 1 N–H and O–H groups in total. The molecule has 2 atom stereocenters. The minimum absolute atomic E-state index is 0.461. The Balaban J connectivity index is 2.39. The van der Waals surface area contributed by atoms with Gasteiger partial charge in [0, 0.05) is 20.8 Å². The summed E-state index contributed by atoms with van der Waals surface area (Å²) >= 11 is 5.29. The van der Waals surface area contributed by atoms with Gasteiger partial charge in [0.05, 0.1) is 0 Å². The molecule has 1 nitrogen and oxygen atoms in total. The summed E-state index contributed by atoms with van der Waals surface area (Å²) in [4.78, 5) is 1.40. The molecular weight excluding hydrogens is 270 g/mol. The van der Waals surface area contributed by atoms with Crippen LogP contribution < -0.4 is 5.32 Å². The van der Waals surface area contributed by atoms with Crippen LogP contribution >= 0.6 is 27.3 Å². The Kier molecular flexibility index (Phi) is 5.30. The second-order valence-corrected chi connectivity index (χ2v) is 6.38. The van der Waals surface area contributed by atoms with Gasteiger partial charge in [-0.25, -0.2) is 0 Å². The third-order valence-electron chi connectivity index (χ3n) is 2.90. The quantitative estimate of drug-likeness (QED) is 0.844. The molecular formula is C12H20BrNS. The highest BCUT2D eigenvalue weighted by Crippen LogP contribution is 2.25. The summed E-state index contributed by atoms with van der Waals surface area (Å²) in [7, 11) is 0. The molecule has 0 aliphatic heterocycles. The number of halogens is 1. The van der Waals surface area contributed by atoms with Gasteiger partial charge in [0.2, 0.25) is 0 Å². The Hall–Kier alpha value is 0.140. The zero-order valence-electron chi connectivity index (χ0n) is 9.88. The van der Waals surface area contributed by atoms with Crippen LogP contribution in [0.25, 0.3) is 0 Å². The van der Waals surface area contributed by atoms with Gasteiger partial charge in [0.15, 0.2) is 0 Å². The van der Waals surface area contributed by atoms with E-state index in [2.05, 4.69) is 60.4 Å². The van der Waals surface area contributed by atoms with Gasteiger partial charge in [0.1, 0.15) is 0 Å². The Bertz CT molecular complexity index is 296. The standard InChI is InChI=1S/C12H20BrNS/c1-8(2)9(3)6-14-10(4)12-5-11(13)7-15-12/h5,7-10,14H,6H2,1-4H3. The minimum atomic E-state index is 0.461. The van der Waals surface area contributed by atoms with E-state index >= 15 is 0 Å². The Labute approximate surface area is 105 Å². The Morgan fingerprint density at radius 2 is 2.00 bits per heavy atom. The first-order chi connectivity index (χ1) is 7.00. The first-order valence-electron chi connectivity index (χ1n) is 5.48. The van der Waals surface area contributed by atoms with E-state index in [9.17, 15) is 0 Å². The first kappa shape index (κ1) is 13.2. The van der Waals surface area contributed by atoms with Gasteiger partial charge in [-0.05, 0) is 47.3 Å². The summed E-state index contributed by atoms with van der Waals surface area (Å²) in [6, 6.07) is 2.66. The van der Waals surface area contributed by atoms with Crippen LogP contribution in [0.1, 0.15) is 38.6 Å². The molecule has 1 aromatic heterocycles. The Morgan fingerprint density at radius 1 is 1.33 bits per heavy atom. The molecule has 0 saturated carbocycles. The van der Waals surface area contributed by atoms with Crippen LogP contribution in [0.2, 0.25) is 0 Å². The molecule has 0 saturated heterocycles. The highest BCUT2D eigenvalue weighted by atomic mass is 79.9. The summed E-state index contributed by atoms with van der Waals surface area (Å²) in [5.41, 5.74) is 0. The molecule has 1 aromatic rings. The van der Waals surface area contributed by atoms with Crippen LogP contribution in [0.5, 0.6) is 0 Å². The average molecular weight is 290 g/mol. The fourth-order valence-corrected chi connectivity index (χ4v) is 2.73. The average Bonchev–Trinajstić information content (AvgIpc) is 2.60. The molecule has 0 amide bonds. The van der Waals surface area contributed by atoms with Gasteiger partial charge in [-0.1, -0.05) is 20.8 Å². The molecule has 1 rings (SSSR count). The fourth-order valence-electron chi connectivity index (χ4n) is 1.25. The Morgan fingerprint density at radius 3 is 2.47 bits per heavy atom. The lowest BCUT2D eigenvalue weighted by Gasteiger charge is -2.19. The van der Waals surface area contributed by atoms with Crippen molar-refractivity contribution in [3.8, 4) is 0 Å². The van der Waals surface area contributed by atoms with Gasteiger partial charge >= 0.3 is 0 Å². The topological polar surface area (TPSA) is 12.0 Å². The van der Waals surface area contributed by atoms with Crippen molar-refractivity contribution in [3.63, 3.8) is 0 Å². The zero-order chi connectivity index (χ0) is 11.4. The van der Waals surface area contributed by atoms with Crippen LogP contribution in [0.15, 0.2) is 15.9 Å². The van der Waals surface area contributed by atoms with Gasteiger partial charge in [-0.2, -0.15) is 0 Å². The lowest BCUT2D eigenvalue weighted by Crippen LogP contribution is -2.26. The molecule has 0 aromatic carbocycles. The number of hydrogen-bond acceptors (Lipinski definition) is 2. The van der Waals surface area contributed by atoms with Crippen molar-refractivity contribution >= 4 is 27.3 Å². The summed E-state index contributed by atoms with van der Waals surface area (Å²) in [5.74, 6) is 1.48. The molecule has 3 heteroatoms. The van der Waals surface area contributed by atoms with E-state index in [1.54, 1.807) is 0 Å². The normalized spacial score (nSPS) is 15.6. The first-order valence-corrected chi connectivity index (χ1v) is 7.15. The zero-order valence-corrected chi connectivity index (χ0v) is 12.3. The second-order valence-electron chi connectivity index (χ2n) is 4.52. The molecule has 86 valence electrons. The minimum Gasteiger partial charge on any atom is -0.309 e. The van der Waals surface area contributed by atoms with E-state index in [-0.39, 0.29) is 0 Å². The maximum Gasteiger partial charge on any atom is 0.0386 e. The lowest BCUT2D eigenvalue weighted by molar-refractivity contribution is 0.377. The molecule has 0 aliphatic carbocycles. The third kappa shape index (κ3) is 4.25. The maximum atomic E-state index is 3.58. The summed E-state index contributed by atoms with van der Waals surface area (Å²) in [5, 5.41) is 5.72. The monoisotopic (exact) mass is 289 g/mol. The highest BCUT2D eigenvalue weighted by Gasteiger charge is 2.11. The van der Waals surface area contributed by atoms with Crippen molar-refractivity contribution < 1.29 is 0 Å². The molecule has 0 spiro atoms. The fraction of sp³-hybridized carbons (Fsp3) is 0.667. The van der Waals surface area contributed by atoms with E-state index < -0.39 is 0 Å². The van der Waals surface area contributed by atoms with Crippen LogP contribution in [-0.4, -0.2) is 6.54 Å². The van der Waals surface area contributed by atoms with Crippen molar-refractivity contribution in [1.82, 2.24) is 5.32 Å². The maximum absolute atomic E-state index is 3.58. The number of thiophene rings is 1. The van der Waals surface area contributed by atoms with Gasteiger partial charge in [0.25, 0.3) is 0 Å². The van der Waals surface area contributed by atoms with Gasteiger partial charge in [-0.15, -0.1) is 11.3 Å². The van der Waals surface area contributed by atoms with E-state index in [1.807, 2.05) is 11.3 Å². The SMILES string of the molecule is CC(NCC(C)C(C)C)c1cc(Br)cs1. The van der Waals surface area contributed by atoms with Crippen molar-refractivity contribution in [3.05, 3.63) is 20.8 Å². The smallest absolute Gasteiger partial charge is 0.0386 e. The van der Waals surface area contributed by atoms with E-state index in [4.69, 9.17) is 0 Å². The molecule has 0 fully saturated rings. The van der Waals surface area contributed by atoms with Crippen molar-refractivity contribution in [2.45, 2.75) is 33.7 Å². The lowest BCUT2D eigenvalue weighted by atomic mass is 9.98. The third-order valence-corrected chi connectivity index (χ3v) is 4.77. The molecule has 15 heavy (non-hydrogen) atoms. The highest BCUT2D eigenvalue weighted by molar-refractivity contribution is 9.10. The number of hydrogen-bond donors (Lipinski definition) is 1. The molecule has 0 bridgehead atoms. The van der Waals surface area contributed by atoms with Crippen LogP contribution in [-0.2, 0) is 0 Å². The summed E-state index contributed by atoms with van der Waals surface area (Å²) in [6.45, 7) is 10.2. The van der Waals surface area contributed by atoms with Crippen LogP contribution in [0.3, 0.4) is 0 Å².